The highest BCUT2D eigenvalue weighted by Crippen LogP contribution is 2.33. The summed E-state index contributed by atoms with van der Waals surface area (Å²) >= 11 is 1.24. The van der Waals surface area contributed by atoms with Gasteiger partial charge in [0.2, 0.25) is 5.91 Å². The van der Waals surface area contributed by atoms with Gasteiger partial charge in [0.15, 0.2) is 0 Å². The first-order valence-electron chi connectivity index (χ1n) is 7.66. The molecule has 3 N–H and O–H groups in total. The number of fused-ring (bicyclic) bond motifs is 1. The summed E-state index contributed by atoms with van der Waals surface area (Å²) in [5.74, 6) is -1.39. The third-order valence-electron chi connectivity index (χ3n) is 3.68. The molecule has 0 radical (unpaired) electrons. The predicted octanol–water partition coefficient (Wildman–Crippen LogP) is 1.17. The van der Waals surface area contributed by atoms with Gasteiger partial charge in [0.25, 0.3) is 5.91 Å². The average Bonchev–Trinajstić information content (AvgIpc) is 2.98. The number of carbonyl (C=O) groups is 3. The second kappa shape index (κ2) is 6.90. The van der Waals surface area contributed by atoms with E-state index in [1.165, 1.54) is 16.2 Å². The molecule has 0 bridgehead atoms. The lowest BCUT2D eigenvalue weighted by Crippen LogP contribution is -2.45. The van der Waals surface area contributed by atoms with Crippen molar-refractivity contribution < 1.29 is 24.2 Å². The minimum atomic E-state index is -0.879. The maximum Gasteiger partial charge on any atom is 0.306 e. The van der Waals surface area contributed by atoms with Gasteiger partial charge in [0.05, 0.1) is 11.5 Å². The number of aliphatic hydroxyl groups is 1. The number of ether oxygens (including phenoxy) is 1. The maximum absolute atomic E-state index is 12.5. The summed E-state index contributed by atoms with van der Waals surface area (Å²) in [6.45, 7) is 5.33. The summed E-state index contributed by atoms with van der Waals surface area (Å²) in [7, 11) is 0. The molecule has 0 saturated carbocycles. The van der Waals surface area contributed by atoms with Gasteiger partial charge in [-0.15, -0.1) is 11.3 Å². The van der Waals surface area contributed by atoms with Crippen LogP contribution in [0.5, 0.6) is 0 Å². The Bertz CT molecular complexity index is 662. The third-order valence-corrected chi connectivity index (χ3v) is 4.74. The second-order valence-electron chi connectivity index (χ2n) is 6.70. The fourth-order valence-corrected chi connectivity index (χ4v) is 3.66. The number of carbonyl (C=O) groups excluding carboxylic acids is 3. The molecule has 1 aliphatic rings. The molecule has 2 amide bonds. The van der Waals surface area contributed by atoms with E-state index in [1.807, 2.05) is 0 Å². The molecule has 0 aliphatic carbocycles. The molecule has 0 spiro atoms. The Labute approximate surface area is 144 Å². The van der Waals surface area contributed by atoms with Crippen LogP contribution in [-0.4, -0.2) is 39.4 Å². The van der Waals surface area contributed by atoms with Crippen molar-refractivity contribution in [1.29, 1.82) is 0 Å². The van der Waals surface area contributed by atoms with E-state index in [2.05, 4.69) is 0 Å². The Hall–Kier alpha value is -1.93. The highest BCUT2D eigenvalue weighted by molar-refractivity contribution is 7.12. The summed E-state index contributed by atoms with van der Waals surface area (Å²) in [6.07, 6.45) is 0.106. The molecule has 132 valence electrons. The number of hydrogen-bond donors (Lipinski definition) is 2. The molecule has 7 nitrogen and oxygen atoms in total. The first-order chi connectivity index (χ1) is 11.1. The number of primary amides is 1. The number of aliphatic hydroxyl groups excluding tert-OH is 1. The largest absolute Gasteiger partial charge is 0.460 e. The van der Waals surface area contributed by atoms with E-state index in [0.29, 0.717) is 10.4 Å². The Morgan fingerprint density at radius 1 is 1.46 bits per heavy atom. The van der Waals surface area contributed by atoms with Crippen LogP contribution in [0.25, 0.3) is 0 Å². The third kappa shape index (κ3) is 3.93. The maximum atomic E-state index is 12.5. The van der Waals surface area contributed by atoms with E-state index in [9.17, 15) is 19.5 Å². The van der Waals surface area contributed by atoms with Crippen molar-refractivity contribution in [3.05, 3.63) is 21.4 Å². The number of hydrogen-bond acceptors (Lipinski definition) is 6. The topological polar surface area (TPSA) is 110 Å². The molecule has 1 atom stereocenters. The first-order valence-corrected chi connectivity index (χ1v) is 8.54. The van der Waals surface area contributed by atoms with Crippen molar-refractivity contribution in [3.63, 3.8) is 0 Å². The van der Waals surface area contributed by atoms with Crippen molar-refractivity contribution in [1.82, 2.24) is 4.90 Å². The van der Waals surface area contributed by atoms with Gasteiger partial charge in [-0.2, -0.15) is 0 Å². The molecule has 1 aromatic rings. The summed E-state index contributed by atoms with van der Waals surface area (Å²) in [5.41, 5.74) is 6.24. The van der Waals surface area contributed by atoms with Crippen LogP contribution in [0.2, 0.25) is 0 Å². The SMILES string of the molecule is CC(C)(C)OC(=O)CCC(C(N)=O)N1Cc2c(CO)csc2C1=O. The van der Waals surface area contributed by atoms with Crippen molar-refractivity contribution in [2.45, 2.75) is 58.4 Å². The fourth-order valence-electron chi connectivity index (χ4n) is 2.63. The number of thiophene rings is 1. The van der Waals surface area contributed by atoms with Gasteiger partial charge in [-0.05, 0) is 38.1 Å². The highest BCUT2D eigenvalue weighted by atomic mass is 32.1. The fraction of sp³-hybridized carbons (Fsp3) is 0.562. The number of nitrogens with zero attached hydrogens (tertiary/aromatic N) is 1. The Morgan fingerprint density at radius 3 is 2.67 bits per heavy atom. The lowest BCUT2D eigenvalue weighted by atomic mass is 10.1. The van der Waals surface area contributed by atoms with Crippen LogP contribution in [0.4, 0.5) is 0 Å². The van der Waals surface area contributed by atoms with Gasteiger partial charge >= 0.3 is 5.97 Å². The summed E-state index contributed by atoms with van der Waals surface area (Å²) in [4.78, 5) is 38.0. The monoisotopic (exact) mass is 354 g/mol. The van der Waals surface area contributed by atoms with Crippen LogP contribution in [0.1, 0.15) is 54.4 Å². The molecule has 2 heterocycles. The Balaban J connectivity index is 2.07. The van der Waals surface area contributed by atoms with Gasteiger partial charge in [-0.3, -0.25) is 14.4 Å². The van der Waals surface area contributed by atoms with Gasteiger partial charge in [-0.1, -0.05) is 0 Å². The molecule has 0 saturated heterocycles. The van der Waals surface area contributed by atoms with Gasteiger partial charge < -0.3 is 20.5 Å². The zero-order valence-electron chi connectivity index (χ0n) is 14.0. The molecular weight excluding hydrogens is 332 g/mol. The molecule has 1 aromatic heterocycles. The van der Waals surface area contributed by atoms with Gasteiger partial charge in [-0.25, -0.2) is 0 Å². The number of esters is 1. The molecule has 2 rings (SSSR count). The quantitative estimate of drug-likeness (QED) is 0.745. The van der Waals surface area contributed by atoms with Gasteiger partial charge in [0.1, 0.15) is 11.6 Å². The summed E-state index contributed by atoms with van der Waals surface area (Å²) < 4.78 is 5.22. The van der Waals surface area contributed by atoms with E-state index in [1.54, 1.807) is 26.2 Å². The van der Waals surface area contributed by atoms with Crippen LogP contribution in [-0.2, 0) is 27.5 Å². The average molecular weight is 354 g/mol. The second-order valence-corrected chi connectivity index (χ2v) is 7.58. The highest BCUT2D eigenvalue weighted by Gasteiger charge is 2.38. The van der Waals surface area contributed by atoms with E-state index in [0.717, 1.165) is 5.56 Å². The van der Waals surface area contributed by atoms with E-state index < -0.39 is 23.5 Å². The molecule has 1 unspecified atom stereocenters. The van der Waals surface area contributed by atoms with Crippen molar-refractivity contribution >= 4 is 29.1 Å². The van der Waals surface area contributed by atoms with Crippen LogP contribution in [0.15, 0.2) is 5.38 Å². The van der Waals surface area contributed by atoms with Crippen molar-refractivity contribution in [3.8, 4) is 0 Å². The minimum absolute atomic E-state index is 0.00480. The lowest BCUT2D eigenvalue weighted by Gasteiger charge is -2.26. The van der Waals surface area contributed by atoms with E-state index >= 15 is 0 Å². The lowest BCUT2D eigenvalue weighted by molar-refractivity contribution is -0.155. The van der Waals surface area contributed by atoms with Crippen LogP contribution in [0.3, 0.4) is 0 Å². The standard InChI is InChI=1S/C16H22N2O5S/c1-16(2,3)23-12(20)5-4-11(14(17)21)18-6-10-9(7-19)8-24-13(10)15(18)22/h8,11,19H,4-7H2,1-3H3,(H2,17,21). The summed E-state index contributed by atoms with van der Waals surface area (Å²) in [5, 5.41) is 11.1. The van der Waals surface area contributed by atoms with Crippen LogP contribution < -0.4 is 5.73 Å². The van der Waals surface area contributed by atoms with Crippen molar-refractivity contribution in [2.75, 3.05) is 0 Å². The summed E-state index contributed by atoms with van der Waals surface area (Å²) in [6, 6.07) is -0.879. The van der Waals surface area contributed by atoms with Crippen LogP contribution in [0, 0.1) is 0 Å². The van der Waals surface area contributed by atoms with E-state index in [4.69, 9.17) is 10.5 Å². The Morgan fingerprint density at radius 2 is 2.12 bits per heavy atom. The normalized spacial score (nSPS) is 15.3. The first kappa shape index (κ1) is 18.4. The molecule has 24 heavy (non-hydrogen) atoms. The van der Waals surface area contributed by atoms with E-state index in [-0.39, 0.29) is 31.9 Å². The molecule has 8 heteroatoms. The molecule has 0 fully saturated rings. The minimum Gasteiger partial charge on any atom is -0.460 e. The molecular formula is C16H22N2O5S. The molecule has 0 aromatic carbocycles. The predicted molar refractivity (Wildman–Crippen MR) is 88.2 cm³/mol. The number of rotatable bonds is 6. The zero-order valence-corrected chi connectivity index (χ0v) is 14.8. The smallest absolute Gasteiger partial charge is 0.306 e. The van der Waals surface area contributed by atoms with Gasteiger partial charge in [0, 0.05) is 18.5 Å². The zero-order chi connectivity index (χ0) is 18.1. The van der Waals surface area contributed by atoms with Crippen LogP contribution >= 0.6 is 11.3 Å². The van der Waals surface area contributed by atoms with Crippen molar-refractivity contribution in [2.24, 2.45) is 5.73 Å². The Kier molecular flexibility index (Phi) is 5.29. The number of nitrogens with two attached hydrogens (primary N) is 1. The number of amides is 2. The molecule has 1 aliphatic heterocycles.